The Kier molecular flexibility index (Phi) is 6.02. The van der Waals surface area contributed by atoms with Crippen LogP contribution in [0.4, 0.5) is 0 Å². The number of carbonyl (C=O) groups is 1. The molecule has 2 heterocycles. The number of hydrogen-bond donors (Lipinski definition) is 0. The van der Waals surface area contributed by atoms with Crippen LogP contribution >= 0.6 is 11.8 Å². The van der Waals surface area contributed by atoms with Gasteiger partial charge in [-0.2, -0.15) is 0 Å². The van der Waals surface area contributed by atoms with Crippen LogP contribution in [0.2, 0.25) is 0 Å². The van der Waals surface area contributed by atoms with E-state index in [-0.39, 0.29) is 5.91 Å². The zero-order valence-electron chi connectivity index (χ0n) is 14.9. The van der Waals surface area contributed by atoms with E-state index in [1.807, 2.05) is 35.4 Å². The van der Waals surface area contributed by atoms with E-state index in [9.17, 15) is 4.79 Å². The van der Waals surface area contributed by atoms with Gasteiger partial charge in [0.1, 0.15) is 5.75 Å². The summed E-state index contributed by atoms with van der Waals surface area (Å²) in [6, 6.07) is 7.98. The number of aromatic nitrogens is 2. The van der Waals surface area contributed by atoms with Crippen LogP contribution in [-0.2, 0) is 11.3 Å². The van der Waals surface area contributed by atoms with E-state index in [0.717, 1.165) is 54.6 Å². The largest absolute Gasteiger partial charge is 0.497 e. The number of likely N-dealkylation sites (tertiary alicyclic amines) is 1. The first-order chi connectivity index (χ1) is 12.2. The van der Waals surface area contributed by atoms with E-state index >= 15 is 0 Å². The Morgan fingerprint density at radius 1 is 1.20 bits per heavy atom. The number of piperidine rings is 1. The van der Waals surface area contributed by atoms with Gasteiger partial charge in [-0.3, -0.25) is 4.79 Å². The van der Waals surface area contributed by atoms with Crippen molar-refractivity contribution >= 4 is 17.7 Å². The smallest absolute Gasteiger partial charge is 0.233 e. The molecule has 1 aromatic heterocycles. The molecule has 0 bridgehead atoms. The van der Waals surface area contributed by atoms with Gasteiger partial charge >= 0.3 is 0 Å². The Balaban J connectivity index is 1.69. The summed E-state index contributed by atoms with van der Waals surface area (Å²) in [6.07, 6.45) is 5.38. The van der Waals surface area contributed by atoms with Crippen LogP contribution in [0.3, 0.4) is 0 Å². The number of ether oxygens (including phenoxy) is 1. The highest BCUT2D eigenvalue weighted by atomic mass is 32.2. The highest BCUT2D eigenvalue weighted by Gasteiger charge is 2.18. The van der Waals surface area contributed by atoms with Crippen LogP contribution in [0.25, 0.3) is 11.3 Å². The molecule has 1 saturated heterocycles. The van der Waals surface area contributed by atoms with E-state index in [4.69, 9.17) is 4.74 Å². The van der Waals surface area contributed by atoms with Crippen molar-refractivity contribution in [1.82, 2.24) is 14.5 Å². The first-order valence-corrected chi connectivity index (χ1v) is 9.82. The monoisotopic (exact) mass is 359 g/mol. The van der Waals surface area contributed by atoms with Gasteiger partial charge < -0.3 is 14.2 Å². The van der Waals surface area contributed by atoms with Crippen molar-refractivity contribution in [3.8, 4) is 17.0 Å². The summed E-state index contributed by atoms with van der Waals surface area (Å²) in [5.74, 6) is 1.52. The number of amides is 1. The van der Waals surface area contributed by atoms with Crippen molar-refractivity contribution in [2.24, 2.45) is 0 Å². The van der Waals surface area contributed by atoms with E-state index in [2.05, 4.69) is 16.5 Å². The third-order valence-corrected chi connectivity index (χ3v) is 5.53. The lowest BCUT2D eigenvalue weighted by molar-refractivity contribution is -0.129. The number of hydrogen-bond acceptors (Lipinski definition) is 4. The number of rotatable bonds is 6. The van der Waals surface area contributed by atoms with Crippen LogP contribution in [0.15, 0.2) is 35.6 Å². The number of methoxy groups -OCH3 is 1. The van der Waals surface area contributed by atoms with Crippen molar-refractivity contribution in [3.63, 3.8) is 0 Å². The highest BCUT2D eigenvalue weighted by molar-refractivity contribution is 7.99. The fourth-order valence-corrected chi connectivity index (χ4v) is 4.08. The molecule has 0 spiro atoms. The maximum absolute atomic E-state index is 12.4. The van der Waals surface area contributed by atoms with Crippen LogP contribution in [-0.4, -0.2) is 46.3 Å². The molecule has 25 heavy (non-hydrogen) atoms. The standard InChI is InChI=1S/C19H25N3O2S/c1-3-22-17(15-7-9-16(24-2)10-8-15)13-20-19(22)25-14-18(23)21-11-5-4-6-12-21/h7-10,13H,3-6,11-12,14H2,1-2H3. The first kappa shape index (κ1) is 17.9. The number of carbonyl (C=O) groups excluding carboxylic acids is 1. The Bertz CT molecular complexity index is 706. The summed E-state index contributed by atoms with van der Waals surface area (Å²) in [6.45, 7) is 4.73. The highest BCUT2D eigenvalue weighted by Crippen LogP contribution is 2.27. The minimum Gasteiger partial charge on any atom is -0.497 e. The molecule has 5 nitrogen and oxygen atoms in total. The molecule has 0 aliphatic carbocycles. The number of benzene rings is 1. The molecule has 0 atom stereocenters. The zero-order chi connectivity index (χ0) is 17.6. The second-order valence-electron chi connectivity index (χ2n) is 6.13. The minimum absolute atomic E-state index is 0.223. The second kappa shape index (κ2) is 8.43. The van der Waals surface area contributed by atoms with Gasteiger partial charge in [-0.15, -0.1) is 0 Å². The maximum atomic E-state index is 12.4. The van der Waals surface area contributed by atoms with Gasteiger partial charge in [0.15, 0.2) is 5.16 Å². The van der Waals surface area contributed by atoms with Crippen molar-refractivity contribution in [3.05, 3.63) is 30.5 Å². The molecule has 0 unspecified atom stereocenters. The van der Waals surface area contributed by atoms with Gasteiger partial charge in [0.2, 0.25) is 5.91 Å². The second-order valence-corrected chi connectivity index (χ2v) is 7.07. The molecule has 1 aliphatic rings. The molecule has 1 amide bonds. The van der Waals surface area contributed by atoms with Crippen molar-refractivity contribution in [1.29, 1.82) is 0 Å². The Labute approximate surface area is 153 Å². The SMILES string of the molecule is CCn1c(-c2ccc(OC)cc2)cnc1SCC(=O)N1CCCCC1. The topological polar surface area (TPSA) is 47.4 Å². The van der Waals surface area contributed by atoms with E-state index in [1.165, 1.54) is 18.2 Å². The lowest BCUT2D eigenvalue weighted by atomic mass is 10.1. The normalized spacial score (nSPS) is 14.6. The third kappa shape index (κ3) is 4.18. The molecule has 1 fully saturated rings. The van der Waals surface area contributed by atoms with E-state index in [0.29, 0.717) is 5.75 Å². The van der Waals surface area contributed by atoms with Gasteiger partial charge in [0.25, 0.3) is 0 Å². The molecule has 0 radical (unpaired) electrons. The fraction of sp³-hybridized carbons (Fsp3) is 0.474. The lowest BCUT2D eigenvalue weighted by Crippen LogP contribution is -2.36. The molecule has 134 valence electrons. The van der Waals surface area contributed by atoms with Gasteiger partial charge in [0, 0.05) is 25.2 Å². The first-order valence-electron chi connectivity index (χ1n) is 8.83. The lowest BCUT2D eigenvalue weighted by Gasteiger charge is -2.26. The average molecular weight is 359 g/mol. The quantitative estimate of drug-likeness (QED) is 0.738. The van der Waals surface area contributed by atoms with Gasteiger partial charge in [-0.1, -0.05) is 11.8 Å². The maximum Gasteiger partial charge on any atom is 0.233 e. The van der Waals surface area contributed by atoms with Crippen molar-refractivity contribution < 1.29 is 9.53 Å². The zero-order valence-corrected chi connectivity index (χ0v) is 15.7. The predicted octanol–water partition coefficient (Wildman–Crippen LogP) is 3.68. The molecule has 0 N–H and O–H groups in total. The van der Waals surface area contributed by atoms with Crippen LogP contribution in [0.1, 0.15) is 26.2 Å². The average Bonchev–Trinajstić information content (AvgIpc) is 3.09. The molecule has 2 aromatic rings. The fourth-order valence-electron chi connectivity index (χ4n) is 3.13. The van der Waals surface area contributed by atoms with Gasteiger partial charge in [0.05, 0.1) is 24.8 Å². The van der Waals surface area contributed by atoms with Crippen LogP contribution in [0, 0.1) is 0 Å². The molecular weight excluding hydrogens is 334 g/mol. The van der Waals surface area contributed by atoms with Crippen molar-refractivity contribution in [2.45, 2.75) is 37.9 Å². The molecule has 1 aromatic carbocycles. The summed E-state index contributed by atoms with van der Waals surface area (Å²) >= 11 is 1.53. The molecular formula is C19H25N3O2S. The summed E-state index contributed by atoms with van der Waals surface area (Å²) < 4.78 is 7.38. The molecule has 3 rings (SSSR count). The van der Waals surface area contributed by atoms with Crippen molar-refractivity contribution in [2.75, 3.05) is 26.0 Å². The predicted molar refractivity (Wildman–Crippen MR) is 101 cm³/mol. The van der Waals surface area contributed by atoms with Crippen LogP contribution < -0.4 is 4.74 Å². The number of nitrogens with zero attached hydrogens (tertiary/aromatic N) is 3. The Morgan fingerprint density at radius 2 is 1.92 bits per heavy atom. The Hall–Kier alpha value is -1.95. The molecule has 1 aliphatic heterocycles. The number of thioether (sulfide) groups is 1. The summed E-state index contributed by atoms with van der Waals surface area (Å²) in [7, 11) is 1.67. The summed E-state index contributed by atoms with van der Waals surface area (Å²) in [5.41, 5.74) is 2.17. The molecule has 0 saturated carbocycles. The summed E-state index contributed by atoms with van der Waals surface area (Å²) in [5, 5.41) is 0.902. The van der Waals surface area contributed by atoms with Gasteiger partial charge in [-0.25, -0.2) is 4.98 Å². The van der Waals surface area contributed by atoms with E-state index < -0.39 is 0 Å². The van der Waals surface area contributed by atoms with Gasteiger partial charge in [-0.05, 0) is 50.5 Å². The molecule has 6 heteroatoms. The number of imidazole rings is 1. The Morgan fingerprint density at radius 3 is 2.56 bits per heavy atom. The minimum atomic E-state index is 0.223. The van der Waals surface area contributed by atoms with Crippen LogP contribution in [0.5, 0.6) is 5.75 Å². The van der Waals surface area contributed by atoms with E-state index in [1.54, 1.807) is 7.11 Å². The third-order valence-electron chi connectivity index (χ3n) is 4.55. The summed E-state index contributed by atoms with van der Waals surface area (Å²) in [4.78, 5) is 18.9.